The number of nitrogen functional groups attached to an aromatic ring is 1. The average molecular weight is 286 g/mol. The van der Waals surface area contributed by atoms with Gasteiger partial charge in [0.1, 0.15) is 11.6 Å². The summed E-state index contributed by atoms with van der Waals surface area (Å²) in [4.78, 5) is 0. The largest absolute Gasteiger partial charge is 0.495 e. The summed E-state index contributed by atoms with van der Waals surface area (Å²) in [6, 6.07) is 3.64. The highest BCUT2D eigenvalue weighted by molar-refractivity contribution is 5.67. The highest BCUT2D eigenvalue weighted by Crippen LogP contribution is 2.30. The summed E-state index contributed by atoms with van der Waals surface area (Å²) in [6.07, 6.45) is 0. The summed E-state index contributed by atoms with van der Waals surface area (Å²) < 4.78 is 57.5. The van der Waals surface area contributed by atoms with E-state index in [1.165, 1.54) is 13.2 Å². The van der Waals surface area contributed by atoms with Gasteiger partial charge in [0.05, 0.1) is 18.5 Å². The van der Waals surface area contributed by atoms with Crippen LogP contribution < -0.4 is 15.8 Å². The predicted molar refractivity (Wildman–Crippen MR) is 67.0 cm³/mol. The normalized spacial score (nSPS) is 10.4. The van der Waals surface area contributed by atoms with Crippen molar-refractivity contribution >= 4 is 17.1 Å². The van der Waals surface area contributed by atoms with Crippen molar-refractivity contribution in [3.8, 4) is 5.75 Å². The SMILES string of the molecule is COc1cc(Nc2cc(F)c(F)c(F)c2)c(F)cc1N. The zero-order chi connectivity index (χ0) is 14.9. The summed E-state index contributed by atoms with van der Waals surface area (Å²) in [5, 5.41) is 2.43. The van der Waals surface area contributed by atoms with Crippen LogP contribution in [0.15, 0.2) is 24.3 Å². The van der Waals surface area contributed by atoms with Gasteiger partial charge >= 0.3 is 0 Å². The van der Waals surface area contributed by atoms with Crippen molar-refractivity contribution in [1.29, 1.82) is 0 Å². The highest BCUT2D eigenvalue weighted by Gasteiger charge is 2.13. The van der Waals surface area contributed by atoms with Gasteiger partial charge in [0, 0.05) is 30.0 Å². The fraction of sp³-hybridized carbons (Fsp3) is 0.0769. The Balaban J connectivity index is 2.39. The lowest BCUT2D eigenvalue weighted by Crippen LogP contribution is -2.00. The fourth-order valence-corrected chi connectivity index (χ4v) is 1.62. The van der Waals surface area contributed by atoms with Gasteiger partial charge in [-0.15, -0.1) is 0 Å². The molecule has 0 radical (unpaired) electrons. The Labute approximate surface area is 112 Å². The van der Waals surface area contributed by atoms with Crippen LogP contribution in [0.3, 0.4) is 0 Å². The molecular formula is C13H10F4N2O. The zero-order valence-corrected chi connectivity index (χ0v) is 10.3. The van der Waals surface area contributed by atoms with Crippen molar-refractivity contribution in [2.45, 2.75) is 0 Å². The number of nitrogens with two attached hydrogens (primary N) is 1. The first-order chi connectivity index (χ1) is 9.42. The van der Waals surface area contributed by atoms with Crippen LogP contribution in [0.5, 0.6) is 5.75 Å². The smallest absolute Gasteiger partial charge is 0.194 e. The van der Waals surface area contributed by atoms with Crippen LogP contribution in [-0.2, 0) is 0 Å². The van der Waals surface area contributed by atoms with Crippen molar-refractivity contribution < 1.29 is 22.3 Å². The van der Waals surface area contributed by atoms with Crippen molar-refractivity contribution in [3.05, 3.63) is 47.5 Å². The molecule has 0 atom stereocenters. The van der Waals surface area contributed by atoms with Gasteiger partial charge in [0.25, 0.3) is 0 Å². The number of methoxy groups -OCH3 is 1. The molecule has 2 aromatic rings. The summed E-state index contributed by atoms with van der Waals surface area (Å²) in [7, 11) is 1.34. The van der Waals surface area contributed by atoms with Gasteiger partial charge in [-0.25, -0.2) is 17.6 Å². The lowest BCUT2D eigenvalue weighted by atomic mass is 10.2. The lowest BCUT2D eigenvalue weighted by Gasteiger charge is -2.11. The van der Waals surface area contributed by atoms with Crippen molar-refractivity contribution in [3.63, 3.8) is 0 Å². The topological polar surface area (TPSA) is 47.3 Å². The molecule has 0 heterocycles. The van der Waals surface area contributed by atoms with Gasteiger partial charge in [-0.2, -0.15) is 0 Å². The molecule has 20 heavy (non-hydrogen) atoms. The zero-order valence-electron chi connectivity index (χ0n) is 10.3. The minimum atomic E-state index is -1.59. The van der Waals surface area contributed by atoms with Crippen LogP contribution in [0.1, 0.15) is 0 Å². The van der Waals surface area contributed by atoms with Gasteiger partial charge < -0.3 is 15.8 Å². The maximum absolute atomic E-state index is 13.7. The number of hydrogen-bond donors (Lipinski definition) is 2. The minimum absolute atomic E-state index is 0.0759. The first-order valence-electron chi connectivity index (χ1n) is 5.47. The summed E-state index contributed by atoms with van der Waals surface area (Å²) in [5.74, 6) is -4.90. The Morgan fingerprint density at radius 1 is 0.950 bits per heavy atom. The van der Waals surface area contributed by atoms with Crippen LogP contribution in [0.25, 0.3) is 0 Å². The third kappa shape index (κ3) is 2.61. The molecule has 3 nitrogen and oxygen atoms in total. The third-order valence-corrected chi connectivity index (χ3v) is 2.58. The summed E-state index contributed by atoms with van der Waals surface area (Å²) >= 11 is 0. The second kappa shape index (κ2) is 5.28. The minimum Gasteiger partial charge on any atom is -0.495 e. The molecule has 3 N–H and O–H groups in total. The summed E-state index contributed by atoms with van der Waals surface area (Å²) in [6.45, 7) is 0. The Morgan fingerprint density at radius 3 is 2.10 bits per heavy atom. The maximum Gasteiger partial charge on any atom is 0.194 e. The van der Waals surface area contributed by atoms with Gasteiger partial charge in [-0.1, -0.05) is 0 Å². The monoisotopic (exact) mass is 286 g/mol. The number of anilines is 3. The van der Waals surface area contributed by atoms with E-state index < -0.39 is 23.3 Å². The molecule has 0 bridgehead atoms. The molecule has 2 rings (SSSR count). The molecule has 0 spiro atoms. The van der Waals surface area contributed by atoms with E-state index in [2.05, 4.69) is 5.32 Å². The van der Waals surface area contributed by atoms with Crippen molar-refractivity contribution in [2.75, 3.05) is 18.2 Å². The van der Waals surface area contributed by atoms with Crippen LogP contribution in [-0.4, -0.2) is 7.11 Å². The van der Waals surface area contributed by atoms with E-state index in [0.29, 0.717) is 12.1 Å². The molecule has 0 aliphatic rings. The molecular weight excluding hydrogens is 276 g/mol. The van der Waals surface area contributed by atoms with E-state index in [-0.39, 0.29) is 22.8 Å². The quantitative estimate of drug-likeness (QED) is 0.515. The first-order valence-corrected chi connectivity index (χ1v) is 5.47. The second-order valence-electron chi connectivity index (χ2n) is 3.95. The second-order valence-corrected chi connectivity index (χ2v) is 3.95. The molecule has 0 amide bonds. The third-order valence-electron chi connectivity index (χ3n) is 2.58. The van der Waals surface area contributed by atoms with Crippen molar-refractivity contribution in [1.82, 2.24) is 0 Å². The summed E-state index contributed by atoms with van der Waals surface area (Å²) in [5.41, 5.74) is 5.32. The molecule has 7 heteroatoms. The Bertz CT molecular complexity index is 638. The number of nitrogens with one attached hydrogen (secondary N) is 1. The van der Waals surface area contributed by atoms with E-state index in [1.54, 1.807) is 0 Å². The molecule has 2 aromatic carbocycles. The number of halogens is 4. The Kier molecular flexibility index (Phi) is 3.69. The Morgan fingerprint density at radius 2 is 1.55 bits per heavy atom. The van der Waals surface area contributed by atoms with Gasteiger partial charge in [-0.3, -0.25) is 0 Å². The van der Waals surface area contributed by atoms with Crippen molar-refractivity contribution in [2.24, 2.45) is 0 Å². The number of ether oxygens (including phenoxy) is 1. The molecule has 0 unspecified atom stereocenters. The lowest BCUT2D eigenvalue weighted by molar-refractivity contribution is 0.416. The Hall–Kier alpha value is -2.44. The van der Waals surface area contributed by atoms with E-state index in [0.717, 1.165) is 6.07 Å². The number of benzene rings is 2. The van der Waals surface area contributed by atoms with Crippen LogP contribution in [0.2, 0.25) is 0 Å². The number of rotatable bonds is 3. The van der Waals surface area contributed by atoms with E-state index in [4.69, 9.17) is 10.5 Å². The maximum atomic E-state index is 13.7. The van der Waals surface area contributed by atoms with Crippen LogP contribution in [0, 0.1) is 23.3 Å². The van der Waals surface area contributed by atoms with Crippen LogP contribution >= 0.6 is 0 Å². The molecule has 0 saturated heterocycles. The molecule has 0 aromatic heterocycles. The molecule has 0 fully saturated rings. The van der Waals surface area contributed by atoms with Gasteiger partial charge in [0.2, 0.25) is 0 Å². The van der Waals surface area contributed by atoms with Gasteiger partial charge in [0.15, 0.2) is 17.5 Å². The standard InChI is InChI=1S/C13H10F4N2O/c1-20-12-5-11(7(14)4-10(12)18)19-6-2-8(15)13(17)9(16)3-6/h2-5,19H,18H2,1H3. The average Bonchev–Trinajstić information content (AvgIpc) is 2.39. The number of hydrogen-bond acceptors (Lipinski definition) is 3. The first kappa shape index (κ1) is 14.0. The van der Waals surface area contributed by atoms with E-state index in [9.17, 15) is 17.6 Å². The van der Waals surface area contributed by atoms with E-state index >= 15 is 0 Å². The molecule has 106 valence electrons. The molecule has 0 aliphatic heterocycles. The van der Waals surface area contributed by atoms with Gasteiger partial charge in [-0.05, 0) is 0 Å². The van der Waals surface area contributed by atoms with Crippen LogP contribution in [0.4, 0.5) is 34.6 Å². The highest BCUT2D eigenvalue weighted by atomic mass is 19.2. The van der Waals surface area contributed by atoms with E-state index in [1.807, 2.05) is 0 Å². The fourth-order valence-electron chi connectivity index (χ4n) is 1.62. The molecule has 0 saturated carbocycles. The predicted octanol–water partition coefficient (Wildman–Crippen LogP) is 3.58. The molecule has 0 aliphatic carbocycles.